The maximum absolute atomic E-state index is 5.94. The zero-order valence-corrected chi connectivity index (χ0v) is 19.1. The van der Waals surface area contributed by atoms with Gasteiger partial charge in [-0.15, -0.1) is 0 Å². The van der Waals surface area contributed by atoms with Crippen molar-refractivity contribution < 1.29 is 19.6 Å². The number of rotatable bonds is 9. The van der Waals surface area contributed by atoms with Gasteiger partial charge in [0.2, 0.25) is 5.79 Å². The second-order valence-electron chi connectivity index (χ2n) is 10.7. The Balaban J connectivity index is 5.33. The van der Waals surface area contributed by atoms with E-state index < -0.39 is 17.0 Å². The maximum Gasteiger partial charge on any atom is 0.234 e. The quantitative estimate of drug-likeness (QED) is 0.261. The van der Waals surface area contributed by atoms with Gasteiger partial charge in [-0.1, -0.05) is 62.3 Å². The van der Waals surface area contributed by atoms with E-state index in [1.54, 1.807) is 0 Å². The van der Waals surface area contributed by atoms with Crippen molar-refractivity contribution in [2.24, 2.45) is 16.7 Å². The molecule has 0 fully saturated rings. The first-order chi connectivity index (χ1) is 10.9. The molecule has 152 valence electrons. The molecule has 25 heavy (non-hydrogen) atoms. The van der Waals surface area contributed by atoms with Gasteiger partial charge in [0.05, 0.1) is 0 Å². The van der Waals surface area contributed by atoms with Crippen LogP contribution in [0.5, 0.6) is 0 Å². The smallest absolute Gasteiger partial charge is 0.227 e. The lowest BCUT2D eigenvalue weighted by Crippen LogP contribution is -2.48. The Morgan fingerprint density at radius 1 is 0.600 bits per heavy atom. The van der Waals surface area contributed by atoms with E-state index in [0.717, 1.165) is 0 Å². The Hall–Kier alpha value is -0.160. The Kier molecular flexibility index (Phi) is 8.19. The molecule has 4 heteroatoms. The molecule has 0 rings (SSSR count). The van der Waals surface area contributed by atoms with Gasteiger partial charge >= 0.3 is 0 Å². The summed E-state index contributed by atoms with van der Waals surface area (Å²) in [5.41, 5.74) is -1.08. The van der Waals surface area contributed by atoms with E-state index in [9.17, 15) is 0 Å². The molecule has 0 atom stereocenters. The maximum atomic E-state index is 5.94. The summed E-state index contributed by atoms with van der Waals surface area (Å²) >= 11 is 0. The molecule has 0 spiro atoms. The summed E-state index contributed by atoms with van der Waals surface area (Å²) in [6, 6.07) is 0. The number of hydrogen-bond donors (Lipinski definition) is 0. The van der Waals surface area contributed by atoms with Crippen LogP contribution in [0.25, 0.3) is 0 Å². The fourth-order valence-electron chi connectivity index (χ4n) is 1.58. The van der Waals surface area contributed by atoms with Crippen LogP contribution in [0.4, 0.5) is 0 Å². The molecule has 0 aromatic heterocycles. The van der Waals surface area contributed by atoms with Gasteiger partial charge in [-0.2, -0.15) is 9.78 Å². The normalized spacial score (nSPS) is 15.1. The molecule has 0 bridgehead atoms. The summed E-state index contributed by atoms with van der Waals surface area (Å²) in [6.07, 6.45) is 1.32. The van der Waals surface area contributed by atoms with Crippen LogP contribution in [-0.4, -0.2) is 17.0 Å². The predicted molar refractivity (Wildman–Crippen MR) is 104 cm³/mol. The van der Waals surface area contributed by atoms with E-state index in [-0.39, 0.29) is 10.8 Å². The van der Waals surface area contributed by atoms with Crippen molar-refractivity contribution in [3.05, 3.63) is 0 Å². The third kappa shape index (κ3) is 7.16. The number of hydrogen-bond acceptors (Lipinski definition) is 4. The van der Waals surface area contributed by atoms with E-state index >= 15 is 0 Å². The molecule has 0 amide bonds. The van der Waals surface area contributed by atoms with Crippen LogP contribution in [0, 0.1) is 16.7 Å². The fraction of sp³-hybridized carbons (Fsp3) is 1.00. The van der Waals surface area contributed by atoms with E-state index in [4.69, 9.17) is 19.6 Å². The molecule has 0 heterocycles. The second kappa shape index (κ2) is 8.24. The van der Waals surface area contributed by atoms with E-state index in [0.29, 0.717) is 18.8 Å². The van der Waals surface area contributed by atoms with E-state index in [1.165, 1.54) is 0 Å². The zero-order valence-electron chi connectivity index (χ0n) is 19.1. The molecule has 0 aliphatic heterocycles. The SMILES string of the molecule is CCC(CC(C)C)(OOC(C)(C)C(C)(C)C)OOC(C)(C)C(C)(C)C. The van der Waals surface area contributed by atoms with Crippen LogP contribution in [0.15, 0.2) is 0 Å². The predicted octanol–water partition coefficient (Wildman–Crippen LogP) is 6.68. The Labute approximate surface area is 156 Å². The molecule has 0 saturated carbocycles. The van der Waals surface area contributed by atoms with Gasteiger partial charge < -0.3 is 0 Å². The third-order valence-electron chi connectivity index (χ3n) is 5.67. The minimum atomic E-state index is -0.931. The van der Waals surface area contributed by atoms with Crippen LogP contribution in [0.3, 0.4) is 0 Å². The van der Waals surface area contributed by atoms with Crippen molar-refractivity contribution in [3.8, 4) is 0 Å². The minimum Gasteiger partial charge on any atom is -0.227 e. The standard InChI is InChI=1S/C21H44O4/c1-14-21(15-16(2)3,24-22-19(10,11)17(4,5)6)25-23-20(12,13)18(7,8)9/h16H,14-15H2,1-13H3. The molecule has 4 nitrogen and oxygen atoms in total. The van der Waals surface area contributed by atoms with Gasteiger partial charge in [0.25, 0.3) is 0 Å². The Bertz CT molecular complexity index is 367. The zero-order chi connectivity index (χ0) is 20.3. The van der Waals surface area contributed by atoms with Crippen LogP contribution in [0.2, 0.25) is 0 Å². The van der Waals surface area contributed by atoms with Gasteiger partial charge in [-0.25, -0.2) is 9.78 Å². The lowest BCUT2D eigenvalue weighted by molar-refractivity contribution is -0.554. The lowest BCUT2D eigenvalue weighted by atomic mass is 9.79. The first-order valence-electron chi connectivity index (χ1n) is 9.63. The molecule has 0 radical (unpaired) electrons. The van der Waals surface area contributed by atoms with Gasteiger partial charge in [0, 0.05) is 12.8 Å². The summed E-state index contributed by atoms with van der Waals surface area (Å²) < 4.78 is 0. The average Bonchev–Trinajstić information content (AvgIpc) is 2.39. The van der Waals surface area contributed by atoms with Crippen LogP contribution in [-0.2, 0) is 19.6 Å². The molecular weight excluding hydrogens is 316 g/mol. The van der Waals surface area contributed by atoms with Gasteiger partial charge in [0.15, 0.2) is 0 Å². The molecule has 0 unspecified atom stereocenters. The highest BCUT2D eigenvalue weighted by molar-refractivity contribution is 4.84. The monoisotopic (exact) mass is 360 g/mol. The summed E-state index contributed by atoms with van der Waals surface area (Å²) in [6.45, 7) is 27.2. The molecule has 0 aromatic rings. The van der Waals surface area contributed by atoms with Crippen LogP contribution < -0.4 is 0 Å². The molecule has 0 aliphatic rings. The largest absolute Gasteiger partial charge is 0.234 e. The second-order valence-corrected chi connectivity index (χ2v) is 10.7. The Morgan fingerprint density at radius 3 is 1.12 bits per heavy atom. The van der Waals surface area contributed by atoms with Gasteiger partial charge in [0.1, 0.15) is 11.2 Å². The van der Waals surface area contributed by atoms with Crippen molar-refractivity contribution >= 4 is 0 Å². The molecular formula is C21H44O4. The minimum absolute atomic E-state index is 0.0736. The van der Waals surface area contributed by atoms with Gasteiger partial charge in [-0.3, -0.25) is 0 Å². The molecule has 0 aromatic carbocycles. The highest BCUT2D eigenvalue weighted by Gasteiger charge is 2.44. The van der Waals surface area contributed by atoms with Crippen molar-refractivity contribution in [1.29, 1.82) is 0 Å². The van der Waals surface area contributed by atoms with Crippen molar-refractivity contribution in [3.63, 3.8) is 0 Å². The van der Waals surface area contributed by atoms with E-state index in [1.807, 2.05) is 34.6 Å². The summed E-state index contributed by atoms with van der Waals surface area (Å²) in [7, 11) is 0. The fourth-order valence-corrected chi connectivity index (χ4v) is 1.58. The average molecular weight is 361 g/mol. The highest BCUT2D eigenvalue weighted by Crippen LogP contribution is 2.39. The van der Waals surface area contributed by atoms with Crippen LogP contribution >= 0.6 is 0 Å². The molecule has 0 aliphatic carbocycles. The van der Waals surface area contributed by atoms with Crippen molar-refractivity contribution in [1.82, 2.24) is 0 Å². The summed E-state index contributed by atoms with van der Waals surface area (Å²) in [5, 5.41) is 0. The van der Waals surface area contributed by atoms with Crippen molar-refractivity contribution in [2.75, 3.05) is 0 Å². The summed E-state index contributed by atoms with van der Waals surface area (Å²) in [4.78, 5) is 23.7. The van der Waals surface area contributed by atoms with Crippen LogP contribution in [0.1, 0.15) is 103 Å². The molecule has 0 N–H and O–H groups in total. The topological polar surface area (TPSA) is 36.9 Å². The first kappa shape index (κ1) is 24.8. The lowest BCUT2D eigenvalue weighted by Gasteiger charge is -2.43. The third-order valence-corrected chi connectivity index (χ3v) is 5.67. The van der Waals surface area contributed by atoms with E-state index in [2.05, 4.69) is 55.4 Å². The highest BCUT2D eigenvalue weighted by atomic mass is 17.3. The Morgan fingerprint density at radius 2 is 0.920 bits per heavy atom. The first-order valence-corrected chi connectivity index (χ1v) is 9.63. The molecule has 0 saturated heterocycles. The van der Waals surface area contributed by atoms with Crippen molar-refractivity contribution in [2.45, 2.75) is 120 Å². The van der Waals surface area contributed by atoms with Gasteiger partial charge in [-0.05, 0) is 44.4 Å². The summed E-state index contributed by atoms with van der Waals surface area (Å²) in [5.74, 6) is -0.554.